The number of aromatic nitrogens is 5. The van der Waals surface area contributed by atoms with Gasteiger partial charge in [-0.25, -0.2) is 4.98 Å². The smallest absolute Gasteiger partial charge is 0.236 e. The molecule has 0 bridgehead atoms. The Kier molecular flexibility index (Phi) is 5.91. The van der Waals surface area contributed by atoms with Gasteiger partial charge in [0.2, 0.25) is 5.91 Å². The predicted molar refractivity (Wildman–Crippen MR) is 120 cm³/mol. The highest BCUT2D eigenvalue weighted by Crippen LogP contribution is 2.29. The Hall–Kier alpha value is -3.04. The number of thioether (sulfide) groups is 1. The van der Waals surface area contributed by atoms with Gasteiger partial charge < -0.3 is 5.32 Å². The van der Waals surface area contributed by atoms with E-state index in [1.807, 2.05) is 48.9 Å². The monoisotopic (exact) mass is 436 g/mol. The van der Waals surface area contributed by atoms with Crippen LogP contribution in [0.5, 0.6) is 0 Å². The molecule has 1 N–H and O–H groups in total. The molecule has 1 aromatic carbocycles. The largest absolute Gasteiger partial charge is 0.301 e. The first-order valence-corrected chi connectivity index (χ1v) is 11.2. The van der Waals surface area contributed by atoms with E-state index < -0.39 is 0 Å². The summed E-state index contributed by atoms with van der Waals surface area (Å²) in [6.45, 7) is 5.99. The van der Waals surface area contributed by atoms with Gasteiger partial charge in [0.1, 0.15) is 5.69 Å². The number of carbonyl (C=O) groups is 1. The molecule has 0 spiro atoms. The number of thiazole rings is 1. The zero-order valence-corrected chi connectivity index (χ0v) is 18.4. The number of pyridine rings is 1. The Morgan fingerprint density at radius 3 is 2.77 bits per heavy atom. The normalized spacial score (nSPS) is 10.9. The fourth-order valence-corrected chi connectivity index (χ4v) is 4.35. The molecule has 0 saturated carbocycles. The lowest BCUT2D eigenvalue weighted by atomic mass is 10.1. The van der Waals surface area contributed by atoms with Gasteiger partial charge in [-0.1, -0.05) is 30.0 Å². The van der Waals surface area contributed by atoms with Crippen molar-refractivity contribution in [2.75, 3.05) is 11.1 Å². The standard InChI is InChI=1S/C21H20N6OS2/c1-13-7-8-14(2)17(10-13)27-19(16-6-4-5-9-22-16)25-26-21(27)30-12-18(28)24-20-23-15(3)11-29-20/h4-11H,12H2,1-3H3,(H,23,24,28). The summed E-state index contributed by atoms with van der Waals surface area (Å²) in [7, 11) is 0. The summed E-state index contributed by atoms with van der Waals surface area (Å²) in [4.78, 5) is 21.1. The second-order valence-corrected chi connectivity index (χ2v) is 8.58. The molecule has 4 aromatic rings. The quantitative estimate of drug-likeness (QED) is 0.450. The van der Waals surface area contributed by atoms with Crippen molar-refractivity contribution in [3.63, 3.8) is 0 Å². The van der Waals surface area contributed by atoms with E-state index in [0.717, 1.165) is 28.2 Å². The van der Waals surface area contributed by atoms with E-state index in [1.165, 1.54) is 23.1 Å². The van der Waals surface area contributed by atoms with Crippen molar-refractivity contribution in [3.8, 4) is 17.2 Å². The minimum atomic E-state index is -0.135. The van der Waals surface area contributed by atoms with E-state index in [2.05, 4.69) is 43.7 Å². The van der Waals surface area contributed by atoms with Gasteiger partial charge in [-0.05, 0) is 50.1 Å². The Bertz CT molecular complexity index is 1190. The lowest BCUT2D eigenvalue weighted by Crippen LogP contribution is -2.14. The number of rotatable bonds is 6. The maximum absolute atomic E-state index is 12.4. The molecule has 0 aliphatic heterocycles. The third kappa shape index (κ3) is 4.42. The number of hydrogen-bond acceptors (Lipinski definition) is 7. The highest BCUT2D eigenvalue weighted by molar-refractivity contribution is 7.99. The first-order chi connectivity index (χ1) is 14.5. The SMILES string of the molecule is Cc1ccc(C)c(-n2c(SCC(=O)Nc3nc(C)cs3)nnc2-c2ccccn2)c1. The molecule has 0 radical (unpaired) electrons. The molecule has 4 rings (SSSR count). The van der Waals surface area contributed by atoms with Gasteiger partial charge in [-0.3, -0.25) is 14.3 Å². The zero-order valence-electron chi connectivity index (χ0n) is 16.8. The van der Waals surface area contributed by atoms with Crippen LogP contribution < -0.4 is 5.32 Å². The molecule has 0 atom stereocenters. The Morgan fingerprint density at radius 1 is 1.17 bits per heavy atom. The molecule has 3 aromatic heterocycles. The van der Waals surface area contributed by atoms with Crippen LogP contribution in [0, 0.1) is 20.8 Å². The van der Waals surface area contributed by atoms with Crippen molar-refractivity contribution < 1.29 is 4.79 Å². The van der Waals surface area contributed by atoms with Crippen LogP contribution in [0.15, 0.2) is 53.1 Å². The lowest BCUT2D eigenvalue weighted by Gasteiger charge is -2.13. The molecule has 30 heavy (non-hydrogen) atoms. The molecule has 0 aliphatic carbocycles. The van der Waals surface area contributed by atoms with E-state index in [0.29, 0.717) is 16.1 Å². The highest BCUT2D eigenvalue weighted by atomic mass is 32.2. The number of benzene rings is 1. The number of hydrogen-bond donors (Lipinski definition) is 1. The second-order valence-electron chi connectivity index (χ2n) is 6.78. The maximum Gasteiger partial charge on any atom is 0.236 e. The van der Waals surface area contributed by atoms with Crippen LogP contribution in [0.25, 0.3) is 17.2 Å². The van der Waals surface area contributed by atoms with Crippen molar-refractivity contribution in [2.24, 2.45) is 0 Å². The van der Waals surface area contributed by atoms with E-state index in [9.17, 15) is 4.79 Å². The lowest BCUT2D eigenvalue weighted by molar-refractivity contribution is -0.113. The van der Waals surface area contributed by atoms with Crippen LogP contribution in [0.2, 0.25) is 0 Å². The predicted octanol–water partition coefficient (Wildman–Crippen LogP) is 4.44. The first kappa shape index (κ1) is 20.2. The summed E-state index contributed by atoms with van der Waals surface area (Å²) < 4.78 is 1.97. The van der Waals surface area contributed by atoms with Crippen molar-refractivity contribution >= 4 is 34.1 Å². The van der Waals surface area contributed by atoms with E-state index >= 15 is 0 Å². The van der Waals surface area contributed by atoms with E-state index in [1.54, 1.807) is 6.20 Å². The zero-order chi connectivity index (χ0) is 21.1. The Balaban J connectivity index is 1.65. The Labute approximate surface area is 182 Å². The van der Waals surface area contributed by atoms with Crippen LogP contribution in [-0.2, 0) is 4.79 Å². The minimum absolute atomic E-state index is 0.135. The van der Waals surface area contributed by atoms with Crippen LogP contribution in [0.4, 0.5) is 5.13 Å². The average Bonchev–Trinajstić information content (AvgIpc) is 3.35. The molecule has 152 valence electrons. The van der Waals surface area contributed by atoms with Crippen molar-refractivity contribution in [3.05, 3.63) is 64.8 Å². The fourth-order valence-electron chi connectivity index (χ4n) is 2.90. The van der Waals surface area contributed by atoms with E-state index in [-0.39, 0.29) is 11.7 Å². The van der Waals surface area contributed by atoms with Crippen molar-refractivity contribution in [1.29, 1.82) is 0 Å². The maximum atomic E-state index is 12.4. The number of nitrogens with one attached hydrogen (secondary N) is 1. The second kappa shape index (κ2) is 8.76. The number of amides is 1. The van der Waals surface area contributed by atoms with Gasteiger partial charge in [0.05, 0.1) is 17.1 Å². The number of nitrogens with zero attached hydrogens (tertiary/aromatic N) is 5. The molecule has 9 heteroatoms. The summed E-state index contributed by atoms with van der Waals surface area (Å²) in [6.07, 6.45) is 1.73. The molecular formula is C21H20N6OS2. The highest BCUT2D eigenvalue weighted by Gasteiger charge is 2.19. The summed E-state index contributed by atoms with van der Waals surface area (Å²) in [6, 6.07) is 11.9. The topological polar surface area (TPSA) is 85.6 Å². The van der Waals surface area contributed by atoms with Gasteiger partial charge in [-0.15, -0.1) is 21.5 Å². The first-order valence-electron chi connectivity index (χ1n) is 9.30. The molecule has 1 amide bonds. The number of anilines is 1. The molecule has 0 saturated heterocycles. The van der Waals surface area contributed by atoms with Crippen LogP contribution in [0.1, 0.15) is 16.8 Å². The van der Waals surface area contributed by atoms with Crippen LogP contribution >= 0.6 is 23.1 Å². The molecule has 0 fully saturated rings. The summed E-state index contributed by atoms with van der Waals surface area (Å²) >= 11 is 2.74. The third-order valence-corrected chi connectivity index (χ3v) is 6.14. The summed E-state index contributed by atoms with van der Waals surface area (Å²) in [5.74, 6) is 0.705. The van der Waals surface area contributed by atoms with Gasteiger partial charge in [0.25, 0.3) is 0 Å². The van der Waals surface area contributed by atoms with Gasteiger partial charge in [0.15, 0.2) is 16.1 Å². The van der Waals surface area contributed by atoms with Gasteiger partial charge in [-0.2, -0.15) is 0 Å². The van der Waals surface area contributed by atoms with Gasteiger partial charge in [0, 0.05) is 11.6 Å². The third-order valence-electron chi connectivity index (χ3n) is 4.33. The molecule has 0 unspecified atom stereocenters. The van der Waals surface area contributed by atoms with Crippen LogP contribution in [0.3, 0.4) is 0 Å². The molecule has 0 aliphatic rings. The van der Waals surface area contributed by atoms with Crippen molar-refractivity contribution in [1.82, 2.24) is 24.7 Å². The number of aryl methyl sites for hydroxylation is 3. The minimum Gasteiger partial charge on any atom is -0.301 e. The molecule has 7 nitrogen and oxygen atoms in total. The average molecular weight is 437 g/mol. The molecular weight excluding hydrogens is 416 g/mol. The number of carbonyl (C=O) groups excluding carboxylic acids is 1. The van der Waals surface area contributed by atoms with Crippen molar-refractivity contribution in [2.45, 2.75) is 25.9 Å². The molecule has 3 heterocycles. The van der Waals surface area contributed by atoms with Gasteiger partial charge >= 0.3 is 0 Å². The van der Waals surface area contributed by atoms with E-state index in [4.69, 9.17) is 0 Å². The fraction of sp³-hybridized carbons (Fsp3) is 0.190. The summed E-state index contributed by atoms with van der Waals surface area (Å²) in [5.41, 5.74) is 4.79. The summed E-state index contributed by atoms with van der Waals surface area (Å²) in [5, 5.41) is 14.7. The van der Waals surface area contributed by atoms with Crippen LogP contribution in [-0.4, -0.2) is 36.4 Å². The Morgan fingerprint density at radius 2 is 2.03 bits per heavy atom.